The van der Waals surface area contributed by atoms with Crippen molar-refractivity contribution in [3.63, 3.8) is 0 Å². The number of hydrogen-bond donors (Lipinski definition) is 3. The second-order valence-corrected chi connectivity index (χ2v) is 4.09. The van der Waals surface area contributed by atoms with Gasteiger partial charge in [0, 0.05) is 0 Å². The first-order chi connectivity index (χ1) is 8.17. The van der Waals surface area contributed by atoms with Gasteiger partial charge in [0.05, 0.1) is 18.7 Å². The van der Waals surface area contributed by atoms with Crippen LogP contribution in [0, 0.1) is 0 Å². The molecular formula is C13H20N2O2. The van der Waals surface area contributed by atoms with Crippen molar-refractivity contribution in [3.05, 3.63) is 35.9 Å². The van der Waals surface area contributed by atoms with Crippen molar-refractivity contribution in [2.45, 2.75) is 31.8 Å². The second-order valence-electron chi connectivity index (χ2n) is 4.09. The van der Waals surface area contributed by atoms with Gasteiger partial charge in [0.1, 0.15) is 0 Å². The van der Waals surface area contributed by atoms with Crippen molar-refractivity contribution < 1.29 is 9.90 Å². The molecule has 0 saturated heterocycles. The van der Waals surface area contributed by atoms with Crippen LogP contribution in [0.1, 0.15) is 18.9 Å². The summed E-state index contributed by atoms with van der Waals surface area (Å²) in [6, 6.07) is 8.87. The third-order valence-electron chi connectivity index (χ3n) is 2.69. The Morgan fingerprint density at radius 3 is 2.59 bits per heavy atom. The molecule has 4 nitrogen and oxygen atoms in total. The van der Waals surface area contributed by atoms with Gasteiger partial charge in [-0.25, -0.2) is 0 Å². The Morgan fingerprint density at radius 2 is 2.06 bits per heavy atom. The molecule has 0 aliphatic rings. The van der Waals surface area contributed by atoms with Gasteiger partial charge in [-0.05, 0) is 18.4 Å². The first-order valence-electron chi connectivity index (χ1n) is 5.88. The van der Waals surface area contributed by atoms with E-state index in [1.807, 2.05) is 37.3 Å². The molecule has 1 aromatic rings. The van der Waals surface area contributed by atoms with E-state index < -0.39 is 6.04 Å². The Bertz CT molecular complexity index is 337. The van der Waals surface area contributed by atoms with Crippen molar-refractivity contribution in [3.8, 4) is 0 Å². The molecule has 0 fully saturated rings. The number of aliphatic hydroxyl groups excluding tert-OH is 1. The normalized spacial score (nSPS) is 14.1. The summed E-state index contributed by atoms with van der Waals surface area (Å²) in [7, 11) is 0. The third kappa shape index (κ3) is 4.54. The summed E-state index contributed by atoms with van der Waals surface area (Å²) in [6.45, 7) is 1.85. The number of nitrogens with one attached hydrogen (secondary N) is 1. The molecule has 2 unspecified atom stereocenters. The molecule has 0 aliphatic carbocycles. The monoisotopic (exact) mass is 236 g/mol. The Morgan fingerprint density at radius 1 is 1.41 bits per heavy atom. The summed E-state index contributed by atoms with van der Waals surface area (Å²) in [4.78, 5) is 11.7. The highest BCUT2D eigenvalue weighted by molar-refractivity contribution is 5.82. The average Bonchev–Trinajstić information content (AvgIpc) is 2.36. The molecule has 0 aliphatic heterocycles. The number of carbonyl (C=O) groups is 1. The number of aliphatic hydroxyl groups is 1. The van der Waals surface area contributed by atoms with Crippen molar-refractivity contribution in [2.75, 3.05) is 6.61 Å². The number of hydrogen-bond acceptors (Lipinski definition) is 3. The van der Waals surface area contributed by atoms with Crippen LogP contribution in [0.25, 0.3) is 0 Å². The van der Waals surface area contributed by atoms with Gasteiger partial charge in [0.15, 0.2) is 0 Å². The molecule has 0 bridgehead atoms. The average molecular weight is 236 g/mol. The molecule has 2 atom stereocenters. The molecule has 1 rings (SSSR count). The van der Waals surface area contributed by atoms with Crippen LogP contribution in [0.2, 0.25) is 0 Å². The van der Waals surface area contributed by atoms with Crippen LogP contribution in [0.5, 0.6) is 0 Å². The van der Waals surface area contributed by atoms with E-state index in [1.54, 1.807) is 0 Å². The SMILES string of the molecule is CCC(CO)NC(=O)C(N)Cc1ccccc1. The summed E-state index contributed by atoms with van der Waals surface area (Å²) in [5, 5.41) is 11.7. The van der Waals surface area contributed by atoms with Gasteiger partial charge in [0.25, 0.3) is 0 Å². The predicted octanol–water partition coefficient (Wildman–Crippen LogP) is 0.444. The lowest BCUT2D eigenvalue weighted by Gasteiger charge is -2.17. The van der Waals surface area contributed by atoms with Gasteiger partial charge >= 0.3 is 0 Å². The molecule has 17 heavy (non-hydrogen) atoms. The van der Waals surface area contributed by atoms with Crippen LogP contribution in [0.4, 0.5) is 0 Å². The fourth-order valence-electron chi connectivity index (χ4n) is 1.55. The number of amides is 1. The highest BCUT2D eigenvalue weighted by atomic mass is 16.3. The largest absolute Gasteiger partial charge is 0.394 e. The van der Waals surface area contributed by atoms with E-state index in [9.17, 15) is 4.79 Å². The van der Waals surface area contributed by atoms with E-state index in [0.717, 1.165) is 5.56 Å². The topological polar surface area (TPSA) is 75.3 Å². The minimum absolute atomic E-state index is 0.0553. The van der Waals surface area contributed by atoms with Crippen molar-refractivity contribution in [1.82, 2.24) is 5.32 Å². The quantitative estimate of drug-likeness (QED) is 0.671. The van der Waals surface area contributed by atoms with Crippen LogP contribution in [-0.2, 0) is 11.2 Å². The van der Waals surface area contributed by atoms with Gasteiger partial charge in [0.2, 0.25) is 5.91 Å². The van der Waals surface area contributed by atoms with Gasteiger partial charge in [-0.3, -0.25) is 4.79 Å². The maximum absolute atomic E-state index is 11.7. The number of rotatable bonds is 6. The smallest absolute Gasteiger partial charge is 0.237 e. The zero-order chi connectivity index (χ0) is 12.7. The lowest BCUT2D eigenvalue weighted by atomic mass is 10.1. The van der Waals surface area contributed by atoms with Crippen molar-refractivity contribution >= 4 is 5.91 Å². The molecule has 4 heteroatoms. The summed E-state index contributed by atoms with van der Waals surface area (Å²) in [6.07, 6.45) is 1.20. The summed E-state index contributed by atoms with van der Waals surface area (Å²) in [5.41, 5.74) is 6.85. The highest BCUT2D eigenvalue weighted by Crippen LogP contribution is 2.02. The van der Waals surface area contributed by atoms with Crippen LogP contribution in [0.15, 0.2) is 30.3 Å². The number of carbonyl (C=O) groups excluding carboxylic acids is 1. The summed E-state index contributed by atoms with van der Waals surface area (Å²) < 4.78 is 0. The molecule has 0 spiro atoms. The molecule has 0 radical (unpaired) electrons. The second kappa shape index (κ2) is 7.04. The fourth-order valence-corrected chi connectivity index (χ4v) is 1.55. The third-order valence-corrected chi connectivity index (χ3v) is 2.69. The minimum atomic E-state index is -0.571. The van der Waals surface area contributed by atoms with E-state index >= 15 is 0 Å². The van der Waals surface area contributed by atoms with E-state index in [0.29, 0.717) is 12.8 Å². The molecule has 0 heterocycles. The standard InChI is InChI=1S/C13H20N2O2/c1-2-11(9-16)15-13(17)12(14)8-10-6-4-3-5-7-10/h3-7,11-12,16H,2,8-9,14H2,1H3,(H,15,17). The van der Waals surface area contributed by atoms with Crippen LogP contribution in [-0.4, -0.2) is 29.7 Å². The van der Waals surface area contributed by atoms with Crippen LogP contribution in [0.3, 0.4) is 0 Å². The molecule has 94 valence electrons. The Labute approximate surface area is 102 Å². The first-order valence-corrected chi connectivity index (χ1v) is 5.88. The fraction of sp³-hybridized carbons (Fsp3) is 0.462. The molecule has 0 saturated carbocycles. The summed E-state index contributed by atoms with van der Waals surface area (Å²) >= 11 is 0. The maximum Gasteiger partial charge on any atom is 0.237 e. The molecule has 1 aromatic carbocycles. The van der Waals surface area contributed by atoms with Crippen molar-refractivity contribution in [1.29, 1.82) is 0 Å². The first kappa shape index (κ1) is 13.7. The van der Waals surface area contributed by atoms with Crippen molar-refractivity contribution in [2.24, 2.45) is 5.73 Å². The molecule has 1 amide bonds. The van der Waals surface area contributed by atoms with E-state index in [4.69, 9.17) is 10.8 Å². The van der Waals surface area contributed by atoms with E-state index in [1.165, 1.54) is 0 Å². The maximum atomic E-state index is 11.7. The Kier molecular flexibility index (Phi) is 5.66. The van der Waals surface area contributed by atoms with Gasteiger partial charge in [-0.2, -0.15) is 0 Å². The lowest BCUT2D eigenvalue weighted by molar-refractivity contribution is -0.123. The van der Waals surface area contributed by atoms with E-state index in [-0.39, 0.29) is 18.6 Å². The van der Waals surface area contributed by atoms with Crippen LogP contribution >= 0.6 is 0 Å². The van der Waals surface area contributed by atoms with Crippen LogP contribution < -0.4 is 11.1 Å². The predicted molar refractivity (Wildman–Crippen MR) is 67.4 cm³/mol. The number of benzene rings is 1. The van der Waals surface area contributed by atoms with Gasteiger partial charge in [-0.15, -0.1) is 0 Å². The zero-order valence-corrected chi connectivity index (χ0v) is 10.1. The van der Waals surface area contributed by atoms with Gasteiger partial charge in [-0.1, -0.05) is 37.3 Å². The number of nitrogens with two attached hydrogens (primary N) is 1. The summed E-state index contributed by atoms with van der Waals surface area (Å²) in [5.74, 6) is -0.213. The minimum Gasteiger partial charge on any atom is -0.394 e. The van der Waals surface area contributed by atoms with Gasteiger partial charge < -0.3 is 16.2 Å². The molecular weight excluding hydrogens is 216 g/mol. The Balaban J connectivity index is 2.47. The zero-order valence-electron chi connectivity index (χ0n) is 10.1. The molecule has 0 aromatic heterocycles. The van der Waals surface area contributed by atoms with E-state index in [2.05, 4.69) is 5.32 Å². The molecule has 4 N–H and O–H groups in total. The Hall–Kier alpha value is -1.39. The highest BCUT2D eigenvalue weighted by Gasteiger charge is 2.16. The lowest BCUT2D eigenvalue weighted by Crippen LogP contribution is -2.47.